The summed E-state index contributed by atoms with van der Waals surface area (Å²) in [5.74, 6) is 0.463. The van der Waals surface area contributed by atoms with E-state index in [1.165, 1.54) is 0 Å². The molecule has 3 N–H and O–H groups in total. The number of ether oxygens (including phenoxy) is 1. The summed E-state index contributed by atoms with van der Waals surface area (Å²) in [5, 5.41) is 2.87. The fraction of sp³-hybridized carbons (Fsp3) is 0.250. The van der Waals surface area contributed by atoms with Crippen LogP contribution in [0.3, 0.4) is 0 Å². The summed E-state index contributed by atoms with van der Waals surface area (Å²) in [6.07, 6.45) is 4.25. The second-order valence-electron chi connectivity index (χ2n) is 4.55. The zero-order valence-electron chi connectivity index (χ0n) is 12.0. The average molecular weight is 285 g/mol. The van der Waals surface area contributed by atoms with Crippen molar-refractivity contribution in [3.05, 3.63) is 53.9 Å². The second kappa shape index (κ2) is 7.28. The molecule has 0 unspecified atom stereocenters. The number of nitrogen functional groups attached to an aromatic ring is 1. The molecule has 0 aliphatic carbocycles. The first-order valence-corrected chi connectivity index (χ1v) is 6.90. The Morgan fingerprint density at radius 2 is 2.05 bits per heavy atom. The first-order chi connectivity index (χ1) is 10.2. The molecule has 0 saturated heterocycles. The number of aromatic nitrogens is 1. The minimum Gasteiger partial charge on any atom is -0.492 e. The molecule has 2 rings (SSSR count). The van der Waals surface area contributed by atoms with Gasteiger partial charge in [0.25, 0.3) is 5.91 Å². The van der Waals surface area contributed by atoms with Crippen LogP contribution in [0, 0.1) is 0 Å². The van der Waals surface area contributed by atoms with Gasteiger partial charge in [0.2, 0.25) is 0 Å². The molecular formula is C16H19N3O2. The summed E-state index contributed by atoms with van der Waals surface area (Å²) >= 11 is 0. The summed E-state index contributed by atoms with van der Waals surface area (Å²) in [4.78, 5) is 16.0. The van der Waals surface area contributed by atoms with E-state index in [4.69, 9.17) is 10.5 Å². The van der Waals surface area contributed by atoms with Crippen molar-refractivity contribution in [2.24, 2.45) is 0 Å². The van der Waals surface area contributed by atoms with Crippen molar-refractivity contribution in [1.29, 1.82) is 0 Å². The van der Waals surface area contributed by atoms with Gasteiger partial charge in [-0.2, -0.15) is 0 Å². The van der Waals surface area contributed by atoms with Crippen LogP contribution in [0.2, 0.25) is 0 Å². The van der Waals surface area contributed by atoms with E-state index in [9.17, 15) is 4.79 Å². The van der Waals surface area contributed by atoms with Gasteiger partial charge in [-0.15, -0.1) is 0 Å². The fourth-order valence-electron chi connectivity index (χ4n) is 1.95. The Morgan fingerprint density at radius 1 is 1.29 bits per heavy atom. The lowest BCUT2D eigenvalue weighted by molar-refractivity contribution is 0.0954. The molecule has 1 aromatic carbocycles. The van der Waals surface area contributed by atoms with Gasteiger partial charge in [0, 0.05) is 24.5 Å². The maximum atomic E-state index is 12.0. The Hall–Kier alpha value is -2.56. The van der Waals surface area contributed by atoms with Crippen molar-refractivity contribution in [2.45, 2.75) is 13.3 Å². The standard InChI is InChI=1S/C16H19N3O2/c1-2-21-15-4-3-13(11-14(15)17)16(20)19-10-7-12-5-8-18-9-6-12/h3-6,8-9,11H,2,7,10,17H2,1H3,(H,19,20). The third-order valence-corrected chi connectivity index (χ3v) is 3.02. The second-order valence-corrected chi connectivity index (χ2v) is 4.55. The van der Waals surface area contributed by atoms with E-state index in [2.05, 4.69) is 10.3 Å². The smallest absolute Gasteiger partial charge is 0.251 e. The molecule has 0 spiro atoms. The third-order valence-electron chi connectivity index (χ3n) is 3.02. The first kappa shape index (κ1) is 14.8. The quantitative estimate of drug-likeness (QED) is 0.796. The highest BCUT2D eigenvalue weighted by molar-refractivity contribution is 5.95. The van der Waals surface area contributed by atoms with Gasteiger partial charge in [-0.3, -0.25) is 9.78 Å². The molecule has 0 atom stereocenters. The van der Waals surface area contributed by atoms with Crippen LogP contribution in [-0.4, -0.2) is 24.0 Å². The minimum atomic E-state index is -0.140. The summed E-state index contributed by atoms with van der Waals surface area (Å²) in [7, 11) is 0. The SMILES string of the molecule is CCOc1ccc(C(=O)NCCc2ccncc2)cc1N. The predicted octanol–water partition coefficient (Wildman–Crippen LogP) is 2.03. The van der Waals surface area contributed by atoms with Gasteiger partial charge >= 0.3 is 0 Å². The van der Waals surface area contributed by atoms with Crippen molar-refractivity contribution < 1.29 is 9.53 Å². The number of hydrogen-bond acceptors (Lipinski definition) is 4. The van der Waals surface area contributed by atoms with Crippen LogP contribution in [0.15, 0.2) is 42.7 Å². The number of pyridine rings is 1. The van der Waals surface area contributed by atoms with E-state index < -0.39 is 0 Å². The third kappa shape index (κ3) is 4.21. The number of amides is 1. The lowest BCUT2D eigenvalue weighted by Gasteiger charge is -2.09. The number of nitrogens with one attached hydrogen (secondary N) is 1. The highest BCUT2D eigenvalue weighted by atomic mass is 16.5. The molecule has 5 nitrogen and oxygen atoms in total. The molecular weight excluding hydrogens is 266 g/mol. The van der Waals surface area contributed by atoms with E-state index in [-0.39, 0.29) is 5.91 Å². The Morgan fingerprint density at radius 3 is 2.71 bits per heavy atom. The highest BCUT2D eigenvalue weighted by Crippen LogP contribution is 2.22. The van der Waals surface area contributed by atoms with Gasteiger partial charge in [-0.25, -0.2) is 0 Å². The number of nitrogens with zero attached hydrogens (tertiary/aromatic N) is 1. The minimum absolute atomic E-state index is 0.140. The van der Waals surface area contributed by atoms with E-state index in [1.807, 2.05) is 19.1 Å². The molecule has 0 aliphatic rings. The van der Waals surface area contributed by atoms with Gasteiger partial charge in [-0.05, 0) is 49.2 Å². The van der Waals surface area contributed by atoms with Crippen LogP contribution in [0.1, 0.15) is 22.8 Å². The summed E-state index contributed by atoms with van der Waals surface area (Å²) in [6, 6.07) is 8.93. The molecule has 0 saturated carbocycles. The van der Waals surface area contributed by atoms with E-state index in [0.717, 1.165) is 12.0 Å². The molecule has 0 bridgehead atoms. The van der Waals surface area contributed by atoms with E-state index >= 15 is 0 Å². The van der Waals surface area contributed by atoms with Crippen LogP contribution in [0.25, 0.3) is 0 Å². The van der Waals surface area contributed by atoms with Crippen LogP contribution in [0.5, 0.6) is 5.75 Å². The zero-order chi connectivity index (χ0) is 15.1. The molecule has 0 radical (unpaired) electrons. The number of benzene rings is 1. The summed E-state index contributed by atoms with van der Waals surface area (Å²) in [5.41, 5.74) is 7.99. The zero-order valence-corrected chi connectivity index (χ0v) is 12.0. The van der Waals surface area contributed by atoms with Crippen molar-refractivity contribution in [2.75, 3.05) is 18.9 Å². The van der Waals surface area contributed by atoms with Gasteiger partial charge in [0.1, 0.15) is 5.75 Å². The first-order valence-electron chi connectivity index (χ1n) is 6.90. The lowest BCUT2D eigenvalue weighted by Crippen LogP contribution is -2.25. The predicted molar refractivity (Wildman–Crippen MR) is 82.3 cm³/mol. The van der Waals surface area contributed by atoms with Crippen molar-refractivity contribution in [1.82, 2.24) is 10.3 Å². The molecule has 1 aromatic heterocycles. The maximum Gasteiger partial charge on any atom is 0.251 e. The highest BCUT2D eigenvalue weighted by Gasteiger charge is 2.08. The largest absolute Gasteiger partial charge is 0.492 e. The fourth-order valence-corrected chi connectivity index (χ4v) is 1.95. The number of hydrogen-bond donors (Lipinski definition) is 2. The van der Waals surface area contributed by atoms with Gasteiger partial charge < -0.3 is 15.8 Å². The van der Waals surface area contributed by atoms with Gasteiger partial charge in [0.05, 0.1) is 12.3 Å². The van der Waals surface area contributed by atoms with Crippen molar-refractivity contribution in [3.8, 4) is 5.75 Å². The van der Waals surface area contributed by atoms with Crippen molar-refractivity contribution in [3.63, 3.8) is 0 Å². The van der Waals surface area contributed by atoms with Crippen LogP contribution in [0.4, 0.5) is 5.69 Å². The molecule has 2 aromatic rings. The number of nitrogens with two attached hydrogens (primary N) is 1. The molecule has 5 heteroatoms. The molecule has 1 heterocycles. The van der Waals surface area contributed by atoms with Gasteiger partial charge in [0.15, 0.2) is 0 Å². The molecule has 0 aliphatic heterocycles. The van der Waals surface area contributed by atoms with Crippen LogP contribution >= 0.6 is 0 Å². The number of anilines is 1. The normalized spacial score (nSPS) is 10.1. The van der Waals surface area contributed by atoms with Crippen LogP contribution in [-0.2, 0) is 6.42 Å². The van der Waals surface area contributed by atoms with E-state index in [0.29, 0.717) is 30.2 Å². The summed E-state index contributed by atoms with van der Waals surface area (Å²) in [6.45, 7) is 3.00. The summed E-state index contributed by atoms with van der Waals surface area (Å²) < 4.78 is 5.35. The van der Waals surface area contributed by atoms with Gasteiger partial charge in [-0.1, -0.05) is 0 Å². The van der Waals surface area contributed by atoms with Crippen molar-refractivity contribution >= 4 is 11.6 Å². The topological polar surface area (TPSA) is 77.2 Å². The van der Waals surface area contributed by atoms with E-state index in [1.54, 1.807) is 30.6 Å². The Balaban J connectivity index is 1.90. The average Bonchev–Trinajstić information content (AvgIpc) is 2.50. The monoisotopic (exact) mass is 285 g/mol. The molecule has 110 valence electrons. The molecule has 21 heavy (non-hydrogen) atoms. The lowest BCUT2D eigenvalue weighted by atomic mass is 10.1. The number of carbonyl (C=O) groups excluding carboxylic acids is 1. The molecule has 0 fully saturated rings. The maximum absolute atomic E-state index is 12.0. The number of rotatable bonds is 6. The Kier molecular flexibility index (Phi) is 5.15. The van der Waals surface area contributed by atoms with Crippen LogP contribution < -0.4 is 15.8 Å². The molecule has 1 amide bonds. The Bertz CT molecular complexity index is 600. The Labute approximate surface area is 124 Å². The number of carbonyl (C=O) groups is 1.